The number of anilines is 3. The lowest BCUT2D eigenvalue weighted by Crippen LogP contribution is -2.16. The lowest BCUT2D eigenvalue weighted by Gasteiger charge is -2.29. The molecule has 0 fully saturated rings. The standard InChI is InChI=1S/C54H41NO/c1-53(2)46-16-9-6-14-44(46)52-47(53)17-11-18-49(52)55(39-28-22-35(23-29-39)37-25-31-43-42-13-7-10-19-50(42)56-51(43)33-37)38-26-20-34(21-27-38)36-24-30-41-40-12-5-8-15-45(40)54(3,4)48(41)32-36/h5-33H,1-4H3. The summed E-state index contributed by atoms with van der Waals surface area (Å²) >= 11 is 0. The summed E-state index contributed by atoms with van der Waals surface area (Å²) in [6.07, 6.45) is 0. The van der Waals surface area contributed by atoms with Crippen LogP contribution < -0.4 is 4.90 Å². The molecule has 2 aliphatic rings. The quantitative estimate of drug-likeness (QED) is 0.176. The summed E-state index contributed by atoms with van der Waals surface area (Å²) in [6, 6.07) is 64.6. The van der Waals surface area contributed by atoms with Gasteiger partial charge in [0.1, 0.15) is 11.2 Å². The average molecular weight is 720 g/mol. The molecule has 2 aliphatic carbocycles. The van der Waals surface area contributed by atoms with Crippen molar-refractivity contribution in [2.75, 3.05) is 4.90 Å². The highest BCUT2D eigenvalue weighted by Crippen LogP contribution is 2.54. The molecule has 0 spiro atoms. The van der Waals surface area contributed by atoms with Gasteiger partial charge in [-0.2, -0.15) is 0 Å². The van der Waals surface area contributed by atoms with Crippen molar-refractivity contribution in [1.82, 2.24) is 0 Å². The monoisotopic (exact) mass is 719 g/mol. The van der Waals surface area contributed by atoms with Crippen molar-refractivity contribution < 1.29 is 4.42 Å². The third-order valence-corrected chi connectivity index (χ3v) is 12.7. The topological polar surface area (TPSA) is 16.4 Å². The van der Waals surface area contributed by atoms with Gasteiger partial charge in [0.25, 0.3) is 0 Å². The normalized spacial score (nSPS) is 14.4. The van der Waals surface area contributed by atoms with Gasteiger partial charge in [-0.25, -0.2) is 0 Å². The molecule has 268 valence electrons. The first-order chi connectivity index (χ1) is 27.3. The molecule has 8 aromatic carbocycles. The number of benzene rings is 8. The number of nitrogens with zero attached hydrogens (tertiary/aromatic N) is 1. The molecule has 0 bridgehead atoms. The zero-order valence-electron chi connectivity index (χ0n) is 32.1. The van der Waals surface area contributed by atoms with E-state index in [0.717, 1.165) is 44.4 Å². The van der Waals surface area contributed by atoms with Gasteiger partial charge >= 0.3 is 0 Å². The number of para-hydroxylation sites is 1. The molecule has 1 aromatic heterocycles. The molecule has 56 heavy (non-hydrogen) atoms. The SMILES string of the molecule is CC1(C)c2ccccc2-c2ccc(-c3ccc(N(c4ccc(-c5ccc6c(c5)oc5ccccc56)cc4)c4cccc5c4-c4ccccc4C5(C)C)cc3)cc21. The Balaban J connectivity index is 1.02. The van der Waals surface area contributed by atoms with E-state index in [1.165, 1.54) is 61.3 Å². The molecule has 0 radical (unpaired) electrons. The van der Waals surface area contributed by atoms with Gasteiger partial charge in [-0.1, -0.05) is 149 Å². The van der Waals surface area contributed by atoms with Crippen LogP contribution in [0.5, 0.6) is 0 Å². The second-order valence-electron chi connectivity index (χ2n) is 16.5. The maximum Gasteiger partial charge on any atom is 0.136 e. The molecule has 9 aromatic rings. The fourth-order valence-corrected chi connectivity index (χ4v) is 9.74. The minimum atomic E-state index is -0.0996. The third kappa shape index (κ3) is 4.75. The Morgan fingerprint density at radius 3 is 1.62 bits per heavy atom. The minimum Gasteiger partial charge on any atom is -0.456 e. The van der Waals surface area contributed by atoms with E-state index in [9.17, 15) is 0 Å². The van der Waals surface area contributed by atoms with Crippen LogP contribution in [0, 0.1) is 0 Å². The van der Waals surface area contributed by atoms with Crippen LogP contribution in [-0.4, -0.2) is 0 Å². The highest BCUT2D eigenvalue weighted by molar-refractivity contribution is 6.06. The van der Waals surface area contributed by atoms with Gasteiger partial charge in [0, 0.05) is 38.5 Å². The van der Waals surface area contributed by atoms with Crippen molar-refractivity contribution in [3.8, 4) is 44.5 Å². The maximum atomic E-state index is 6.26. The molecule has 0 saturated carbocycles. The zero-order valence-corrected chi connectivity index (χ0v) is 32.1. The van der Waals surface area contributed by atoms with Gasteiger partial charge in [0.2, 0.25) is 0 Å². The van der Waals surface area contributed by atoms with Crippen LogP contribution in [0.3, 0.4) is 0 Å². The molecular weight excluding hydrogens is 679 g/mol. The van der Waals surface area contributed by atoms with Gasteiger partial charge in [-0.05, 0) is 116 Å². The Morgan fingerprint density at radius 1 is 0.375 bits per heavy atom. The van der Waals surface area contributed by atoms with E-state index in [2.05, 4.69) is 196 Å². The predicted molar refractivity (Wildman–Crippen MR) is 234 cm³/mol. The number of rotatable bonds is 5. The molecule has 0 atom stereocenters. The fourth-order valence-electron chi connectivity index (χ4n) is 9.74. The van der Waals surface area contributed by atoms with Crippen LogP contribution in [0.4, 0.5) is 17.1 Å². The van der Waals surface area contributed by atoms with E-state index in [1.54, 1.807) is 0 Å². The molecule has 11 rings (SSSR count). The maximum absolute atomic E-state index is 6.26. The minimum absolute atomic E-state index is 0.0413. The highest BCUT2D eigenvalue weighted by atomic mass is 16.3. The lowest BCUT2D eigenvalue weighted by molar-refractivity contribution is 0.660. The van der Waals surface area contributed by atoms with Crippen LogP contribution in [0.15, 0.2) is 180 Å². The molecule has 0 amide bonds. The van der Waals surface area contributed by atoms with Crippen LogP contribution in [0.2, 0.25) is 0 Å². The Hall–Kier alpha value is -6.64. The van der Waals surface area contributed by atoms with Gasteiger partial charge in [-0.3, -0.25) is 0 Å². The van der Waals surface area contributed by atoms with E-state index in [4.69, 9.17) is 4.42 Å². The summed E-state index contributed by atoms with van der Waals surface area (Å²) in [6.45, 7) is 9.40. The van der Waals surface area contributed by atoms with Crippen LogP contribution >= 0.6 is 0 Å². The smallest absolute Gasteiger partial charge is 0.136 e. The Labute approximate surface area is 328 Å². The Kier molecular flexibility index (Phi) is 6.98. The molecular formula is C54H41NO. The molecule has 2 nitrogen and oxygen atoms in total. The Morgan fingerprint density at radius 2 is 0.893 bits per heavy atom. The molecule has 0 aliphatic heterocycles. The first kappa shape index (κ1) is 32.8. The average Bonchev–Trinajstić information content (AvgIpc) is 3.81. The molecule has 1 heterocycles. The second-order valence-corrected chi connectivity index (χ2v) is 16.5. The van der Waals surface area contributed by atoms with Crippen molar-refractivity contribution in [3.05, 3.63) is 198 Å². The summed E-state index contributed by atoms with van der Waals surface area (Å²) in [7, 11) is 0. The van der Waals surface area contributed by atoms with E-state index >= 15 is 0 Å². The van der Waals surface area contributed by atoms with E-state index in [-0.39, 0.29) is 10.8 Å². The van der Waals surface area contributed by atoms with Crippen LogP contribution in [0.1, 0.15) is 49.9 Å². The summed E-state index contributed by atoms with van der Waals surface area (Å²) in [5, 5.41) is 2.29. The van der Waals surface area contributed by atoms with Crippen molar-refractivity contribution in [2.45, 2.75) is 38.5 Å². The Bertz CT molecular complexity index is 3010. The third-order valence-electron chi connectivity index (χ3n) is 12.7. The van der Waals surface area contributed by atoms with Gasteiger partial charge in [0.15, 0.2) is 0 Å². The summed E-state index contributed by atoms with van der Waals surface area (Å²) in [4.78, 5) is 2.44. The lowest BCUT2D eigenvalue weighted by atomic mass is 9.81. The van der Waals surface area contributed by atoms with Crippen molar-refractivity contribution in [1.29, 1.82) is 0 Å². The molecule has 2 heteroatoms. The number of furan rings is 1. The molecule has 0 N–H and O–H groups in total. The van der Waals surface area contributed by atoms with Crippen LogP contribution in [-0.2, 0) is 10.8 Å². The first-order valence-corrected chi connectivity index (χ1v) is 19.7. The van der Waals surface area contributed by atoms with Crippen molar-refractivity contribution in [3.63, 3.8) is 0 Å². The van der Waals surface area contributed by atoms with E-state index < -0.39 is 0 Å². The fraction of sp³-hybridized carbons (Fsp3) is 0.111. The first-order valence-electron chi connectivity index (χ1n) is 19.7. The number of fused-ring (bicyclic) bond motifs is 9. The van der Waals surface area contributed by atoms with Crippen LogP contribution in [0.25, 0.3) is 66.4 Å². The number of hydrogen-bond acceptors (Lipinski definition) is 2. The highest BCUT2D eigenvalue weighted by Gasteiger charge is 2.38. The summed E-state index contributed by atoms with van der Waals surface area (Å²) < 4.78 is 6.26. The van der Waals surface area contributed by atoms with Gasteiger partial charge < -0.3 is 9.32 Å². The number of hydrogen-bond donors (Lipinski definition) is 0. The second kappa shape index (κ2) is 11.9. The van der Waals surface area contributed by atoms with Gasteiger partial charge in [0.05, 0.1) is 5.69 Å². The summed E-state index contributed by atoms with van der Waals surface area (Å²) in [5.74, 6) is 0. The van der Waals surface area contributed by atoms with Gasteiger partial charge in [-0.15, -0.1) is 0 Å². The van der Waals surface area contributed by atoms with Crippen molar-refractivity contribution in [2.24, 2.45) is 0 Å². The largest absolute Gasteiger partial charge is 0.456 e. The molecule has 0 unspecified atom stereocenters. The zero-order chi connectivity index (χ0) is 37.8. The van der Waals surface area contributed by atoms with E-state index in [0.29, 0.717) is 0 Å². The predicted octanol–water partition coefficient (Wildman–Crippen LogP) is 15.0. The molecule has 0 saturated heterocycles. The summed E-state index contributed by atoms with van der Waals surface area (Å²) in [5.41, 5.74) is 20.7. The van der Waals surface area contributed by atoms with E-state index in [1.807, 2.05) is 12.1 Å². The van der Waals surface area contributed by atoms with Crippen molar-refractivity contribution >= 4 is 39.0 Å².